The Morgan fingerprint density at radius 1 is 1.29 bits per heavy atom. The van der Waals surface area contributed by atoms with Crippen molar-refractivity contribution < 1.29 is 4.79 Å². The number of carbonyl (C=O) groups is 1. The smallest absolute Gasteiger partial charge is 0.224 e. The summed E-state index contributed by atoms with van der Waals surface area (Å²) in [5.41, 5.74) is 0.430. The van der Waals surface area contributed by atoms with Gasteiger partial charge in [-0.25, -0.2) is 0 Å². The molecule has 2 aliphatic heterocycles. The highest BCUT2D eigenvalue weighted by molar-refractivity contribution is 5.77. The van der Waals surface area contributed by atoms with E-state index in [9.17, 15) is 4.79 Å². The summed E-state index contributed by atoms with van der Waals surface area (Å²) in [6.07, 6.45) is 6.72. The minimum Gasteiger partial charge on any atom is -0.343 e. The van der Waals surface area contributed by atoms with Crippen LogP contribution in [0.15, 0.2) is 0 Å². The highest BCUT2D eigenvalue weighted by Crippen LogP contribution is 2.30. The number of rotatable bonds is 2. The summed E-state index contributed by atoms with van der Waals surface area (Å²) in [6.45, 7) is 7.61. The van der Waals surface area contributed by atoms with Crippen LogP contribution in [0.25, 0.3) is 0 Å². The lowest BCUT2D eigenvalue weighted by Crippen LogP contribution is -2.44. The van der Waals surface area contributed by atoms with E-state index in [1.807, 2.05) is 0 Å². The summed E-state index contributed by atoms with van der Waals surface area (Å²) in [7, 11) is 0. The molecule has 98 valence electrons. The molecule has 0 aromatic carbocycles. The molecule has 2 aliphatic rings. The van der Waals surface area contributed by atoms with E-state index in [1.54, 1.807) is 0 Å². The molecular formula is C14H26N2O. The fourth-order valence-corrected chi connectivity index (χ4v) is 2.80. The topological polar surface area (TPSA) is 32.3 Å². The Morgan fingerprint density at radius 2 is 2.00 bits per heavy atom. The second kappa shape index (κ2) is 5.38. The van der Waals surface area contributed by atoms with Gasteiger partial charge in [0.2, 0.25) is 5.91 Å². The van der Waals surface area contributed by atoms with E-state index in [1.165, 1.54) is 19.3 Å². The zero-order valence-corrected chi connectivity index (χ0v) is 11.3. The highest BCUT2D eigenvalue weighted by atomic mass is 16.2. The van der Waals surface area contributed by atoms with Gasteiger partial charge in [0.05, 0.1) is 0 Å². The number of hydrogen-bond acceptors (Lipinski definition) is 2. The largest absolute Gasteiger partial charge is 0.343 e. The van der Waals surface area contributed by atoms with Crippen molar-refractivity contribution in [3.05, 3.63) is 0 Å². The molecule has 2 rings (SSSR count). The normalized spacial score (nSPS) is 29.1. The maximum atomic E-state index is 12.2. The minimum absolute atomic E-state index is 0.361. The lowest BCUT2D eigenvalue weighted by Gasteiger charge is -2.37. The molecule has 0 saturated carbocycles. The second-order valence-corrected chi connectivity index (χ2v) is 6.40. The quantitative estimate of drug-likeness (QED) is 0.799. The summed E-state index contributed by atoms with van der Waals surface area (Å²) in [4.78, 5) is 14.2. The van der Waals surface area contributed by atoms with E-state index in [-0.39, 0.29) is 0 Å². The van der Waals surface area contributed by atoms with Crippen LogP contribution in [0.3, 0.4) is 0 Å². The maximum Gasteiger partial charge on any atom is 0.224 e. The van der Waals surface area contributed by atoms with Crippen LogP contribution in [0.1, 0.15) is 52.4 Å². The van der Waals surface area contributed by atoms with E-state index in [2.05, 4.69) is 24.1 Å². The number of piperidine rings is 2. The standard InChI is InChI=1S/C14H26N2O/c1-14(2)6-9-16(10-7-14)13(17)11-12-5-3-4-8-15-12/h12,15H,3-11H2,1-2H3. The van der Waals surface area contributed by atoms with Gasteiger partial charge < -0.3 is 10.2 Å². The van der Waals surface area contributed by atoms with Crippen molar-refractivity contribution in [3.63, 3.8) is 0 Å². The first-order valence-corrected chi connectivity index (χ1v) is 7.08. The number of likely N-dealkylation sites (tertiary alicyclic amines) is 1. The summed E-state index contributed by atoms with van der Waals surface area (Å²) < 4.78 is 0. The molecule has 2 heterocycles. The predicted octanol–water partition coefficient (Wildman–Crippen LogP) is 2.17. The first-order chi connectivity index (χ1) is 8.07. The monoisotopic (exact) mass is 238 g/mol. The molecule has 1 unspecified atom stereocenters. The van der Waals surface area contributed by atoms with E-state index in [0.29, 0.717) is 23.8 Å². The first kappa shape index (κ1) is 12.9. The van der Waals surface area contributed by atoms with Crippen LogP contribution in [0, 0.1) is 5.41 Å². The van der Waals surface area contributed by atoms with Crippen LogP contribution >= 0.6 is 0 Å². The number of amides is 1. The molecule has 1 atom stereocenters. The van der Waals surface area contributed by atoms with Gasteiger partial charge in [-0.3, -0.25) is 4.79 Å². The number of hydrogen-bond donors (Lipinski definition) is 1. The molecule has 0 aromatic heterocycles. The number of nitrogens with one attached hydrogen (secondary N) is 1. The van der Waals surface area contributed by atoms with Crippen LogP contribution in [0.5, 0.6) is 0 Å². The van der Waals surface area contributed by atoms with Crippen LogP contribution in [0.4, 0.5) is 0 Å². The molecule has 3 heteroatoms. The van der Waals surface area contributed by atoms with Gasteiger partial charge in [0.15, 0.2) is 0 Å². The molecule has 17 heavy (non-hydrogen) atoms. The molecule has 0 spiro atoms. The Hall–Kier alpha value is -0.570. The van der Waals surface area contributed by atoms with E-state index >= 15 is 0 Å². The fraction of sp³-hybridized carbons (Fsp3) is 0.929. The number of nitrogens with zero attached hydrogens (tertiary/aromatic N) is 1. The summed E-state index contributed by atoms with van der Waals surface area (Å²) in [5.74, 6) is 0.361. The molecular weight excluding hydrogens is 212 g/mol. The van der Waals surface area contributed by atoms with Crippen molar-refractivity contribution in [2.24, 2.45) is 5.41 Å². The third-order valence-corrected chi connectivity index (χ3v) is 4.30. The number of carbonyl (C=O) groups excluding carboxylic acids is 1. The van der Waals surface area contributed by atoms with Gasteiger partial charge in [-0.05, 0) is 37.6 Å². The first-order valence-electron chi connectivity index (χ1n) is 7.08. The third kappa shape index (κ3) is 3.70. The third-order valence-electron chi connectivity index (χ3n) is 4.30. The molecule has 0 radical (unpaired) electrons. The van der Waals surface area contributed by atoms with E-state index in [0.717, 1.165) is 32.5 Å². The van der Waals surface area contributed by atoms with Gasteiger partial charge >= 0.3 is 0 Å². The highest BCUT2D eigenvalue weighted by Gasteiger charge is 2.28. The maximum absolute atomic E-state index is 12.2. The minimum atomic E-state index is 0.361. The van der Waals surface area contributed by atoms with Gasteiger partial charge in [0, 0.05) is 25.6 Å². The van der Waals surface area contributed by atoms with E-state index < -0.39 is 0 Å². The van der Waals surface area contributed by atoms with Gasteiger partial charge in [-0.2, -0.15) is 0 Å². The molecule has 0 bridgehead atoms. The molecule has 2 fully saturated rings. The Balaban J connectivity index is 1.76. The lowest BCUT2D eigenvalue weighted by atomic mass is 9.82. The van der Waals surface area contributed by atoms with Crippen molar-refractivity contribution in [2.45, 2.75) is 58.4 Å². The zero-order chi connectivity index (χ0) is 12.3. The van der Waals surface area contributed by atoms with Crippen LogP contribution in [0.2, 0.25) is 0 Å². The average molecular weight is 238 g/mol. The molecule has 1 amide bonds. The summed E-state index contributed by atoms with van der Waals surface area (Å²) >= 11 is 0. The lowest BCUT2D eigenvalue weighted by molar-refractivity contribution is -0.133. The van der Waals surface area contributed by atoms with Gasteiger partial charge in [0.25, 0.3) is 0 Å². The molecule has 0 aliphatic carbocycles. The van der Waals surface area contributed by atoms with Crippen molar-refractivity contribution in [1.29, 1.82) is 0 Å². The van der Waals surface area contributed by atoms with Gasteiger partial charge in [-0.15, -0.1) is 0 Å². The Morgan fingerprint density at radius 3 is 2.59 bits per heavy atom. The summed E-state index contributed by atoms with van der Waals surface area (Å²) in [6, 6.07) is 0.436. The SMILES string of the molecule is CC1(C)CCN(C(=O)CC2CCCCN2)CC1. The van der Waals surface area contributed by atoms with Gasteiger partial charge in [-0.1, -0.05) is 20.3 Å². The van der Waals surface area contributed by atoms with Crippen molar-refractivity contribution in [3.8, 4) is 0 Å². The summed E-state index contributed by atoms with van der Waals surface area (Å²) in [5, 5.41) is 3.46. The Bertz CT molecular complexity index is 259. The predicted molar refractivity (Wildman–Crippen MR) is 69.9 cm³/mol. The molecule has 2 saturated heterocycles. The van der Waals surface area contributed by atoms with E-state index in [4.69, 9.17) is 0 Å². The van der Waals surface area contributed by atoms with Gasteiger partial charge in [0.1, 0.15) is 0 Å². The van der Waals surface area contributed by atoms with Crippen LogP contribution in [-0.2, 0) is 4.79 Å². The molecule has 1 N–H and O–H groups in total. The van der Waals surface area contributed by atoms with Crippen LogP contribution in [-0.4, -0.2) is 36.5 Å². The Labute approximate surface area is 105 Å². The fourth-order valence-electron chi connectivity index (χ4n) is 2.80. The van der Waals surface area contributed by atoms with Crippen molar-refractivity contribution in [2.75, 3.05) is 19.6 Å². The van der Waals surface area contributed by atoms with Crippen molar-refractivity contribution >= 4 is 5.91 Å². The van der Waals surface area contributed by atoms with Crippen molar-refractivity contribution in [1.82, 2.24) is 10.2 Å². The van der Waals surface area contributed by atoms with Crippen LogP contribution < -0.4 is 5.32 Å². The second-order valence-electron chi connectivity index (χ2n) is 6.40. The average Bonchev–Trinajstić information content (AvgIpc) is 2.30. The zero-order valence-electron chi connectivity index (χ0n) is 11.3. The Kier molecular flexibility index (Phi) is 4.08. The molecule has 3 nitrogen and oxygen atoms in total. The molecule has 0 aromatic rings.